The molecule has 0 aliphatic heterocycles. The molecule has 0 aliphatic rings. The lowest BCUT2D eigenvalue weighted by Crippen LogP contribution is -2.26. The Kier molecular flexibility index (Phi) is 6.31. The average Bonchev–Trinajstić information content (AvgIpc) is 2.53. The first-order chi connectivity index (χ1) is 11.1. The summed E-state index contributed by atoms with van der Waals surface area (Å²) in [5.74, 6) is 0.846. The van der Waals surface area contributed by atoms with Crippen LogP contribution in [0.1, 0.15) is 22.7 Å². The topological polar surface area (TPSA) is 76.1 Å². The number of hydrogen-bond acceptors (Lipinski definition) is 5. The SMILES string of the molecule is COCCCNC(=O)c1cc(Nc2ccc(Cl)cc2)nc(C)n1. The number of aromatic nitrogens is 2. The van der Waals surface area contributed by atoms with Crippen molar-refractivity contribution in [3.05, 3.63) is 46.9 Å². The molecule has 0 bridgehead atoms. The summed E-state index contributed by atoms with van der Waals surface area (Å²) in [6.07, 6.45) is 0.752. The summed E-state index contributed by atoms with van der Waals surface area (Å²) in [4.78, 5) is 20.6. The summed E-state index contributed by atoms with van der Waals surface area (Å²) in [6, 6.07) is 8.85. The van der Waals surface area contributed by atoms with Gasteiger partial charge in [0, 0.05) is 37.0 Å². The summed E-state index contributed by atoms with van der Waals surface area (Å²) in [5.41, 5.74) is 1.16. The smallest absolute Gasteiger partial charge is 0.270 e. The Hall–Kier alpha value is -2.18. The number of benzene rings is 1. The molecular weight excluding hydrogens is 316 g/mol. The fourth-order valence-corrected chi connectivity index (χ4v) is 2.06. The number of halogens is 1. The van der Waals surface area contributed by atoms with Crippen molar-refractivity contribution < 1.29 is 9.53 Å². The molecule has 0 fully saturated rings. The first-order valence-electron chi connectivity index (χ1n) is 7.24. The van der Waals surface area contributed by atoms with Gasteiger partial charge in [0.15, 0.2) is 0 Å². The van der Waals surface area contributed by atoms with Crippen LogP contribution >= 0.6 is 11.6 Å². The Morgan fingerprint density at radius 3 is 2.70 bits per heavy atom. The van der Waals surface area contributed by atoms with Crippen LogP contribution in [0.2, 0.25) is 5.02 Å². The van der Waals surface area contributed by atoms with Crippen LogP contribution in [0.3, 0.4) is 0 Å². The van der Waals surface area contributed by atoms with Crippen molar-refractivity contribution >= 4 is 29.0 Å². The maximum absolute atomic E-state index is 12.1. The van der Waals surface area contributed by atoms with Crippen LogP contribution in [0.5, 0.6) is 0 Å². The molecule has 2 N–H and O–H groups in total. The third kappa shape index (κ3) is 5.50. The lowest BCUT2D eigenvalue weighted by molar-refractivity contribution is 0.0943. The van der Waals surface area contributed by atoms with Crippen LogP contribution in [0.25, 0.3) is 0 Å². The molecule has 0 saturated carbocycles. The number of anilines is 2. The molecule has 0 spiro atoms. The van der Waals surface area contributed by atoms with E-state index in [2.05, 4.69) is 20.6 Å². The highest BCUT2D eigenvalue weighted by molar-refractivity contribution is 6.30. The number of nitrogens with zero attached hydrogens (tertiary/aromatic N) is 2. The zero-order valence-electron chi connectivity index (χ0n) is 13.1. The van der Waals surface area contributed by atoms with Crippen molar-refractivity contribution in [2.45, 2.75) is 13.3 Å². The van der Waals surface area contributed by atoms with Crippen LogP contribution in [-0.2, 0) is 4.74 Å². The summed E-state index contributed by atoms with van der Waals surface area (Å²) in [6.45, 7) is 2.89. The second kappa shape index (κ2) is 8.45. The Labute approximate surface area is 140 Å². The maximum atomic E-state index is 12.1. The predicted molar refractivity (Wildman–Crippen MR) is 90.3 cm³/mol. The van der Waals surface area contributed by atoms with Crippen LogP contribution in [0.15, 0.2) is 30.3 Å². The van der Waals surface area contributed by atoms with E-state index in [4.69, 9.17) is 16.3 Å². The molecule has 0 atom stereocenters. The Bertz CT molecular complexity index is 662. The number of hydrogen-bond donors (Lipinski definition) is 2. The van der Waals surface area contributed by atoms with Crippen molar-refractivity contribution in [2.24, 2.45) is 0 Å². The molecule has 1 amide bonds. The van der Waals surface area contributed by atoms with Crippen LogP contribution in [0, 0.1) is 6.92 Å². The minimum Gasteiger partial charge on any atom is -0.385 e. The van der Waals surface area contributed by atoms with Crippen molar-refractivity contribution in [1.82, 2.24) is 15.3 Å². The molecule has 7 heteroatoms. The molecule has 1 aromatic heterocycles. The van der Waals surface area contributed by atoms with Gasteiger partial charge in [0.25, 0.3) is 5.91 Å². The van der Waals surface area contributed by atoms with Crippen molar-refractivity contribution in [2.75, 3.05) is 25.6 Å². The standard InChI is InChI=1S/C16H19ClN4O2/c1-11-19-14(16(22)18-8-3-9-23-2)10-15(20-11)21-13-6-4-12(17)5-7-13/h4-7,10H,3,8-9H2,1-2H3,(H,18,22)(H,19,20,21). The molecule has 6 nitrogen and oxygen atoms in total. The molecule has 1 aromatic carbocycles. The average molecular weight is 335 g/mol. The van der Waals surface area contributed by atoms with Crippen molar-refractivity contribution in [1.29, 1.82) is 0 Å². The Balaban J connectivity index is 2.05. The highest BCUT2D eigenvalue weighted by Gasteiger charge is 2.10. The van der Waals surface area contributed by atoms with E-state index in [1.807, 2.05) is 12.1 Å². The van der Waals surface area contributed by atoms with Crippen LogP contribution in [-0.4, -0.2) is 36.1 Å². The van der Waals surface area contributed by atoms with Gasteiger partial charge in [-0.3, -0.25) is 4.79 Å². The molecular formula is C16H19ClN4O2. The van der Waals surface area contributed by atoms with E-state index in [-0.39, 0.29) is 5.91 Å². The lowest BCUT2D eigenvalue weighted by Gasteiger charge is -2.09. The van der Waals surface area contributed by atoms with Gasteiger partial charge in [-0.2, -0.15) is 0 Å². The fraction of sp³-hybridized carbons (Fsp3) is 0.312. The molecule has 2 aromatic rings. The molecule has 1 heterocycles. The van der Waals surface area contributed by atoms with Gasteiger partial charge in [-0.25, -0.2) is 9.97 Å². The molecule has 0 aliphatic carbocycles. The fourth-order valence-electron chi connectivity index (χ4n) is 1.94. The number of aryl methyl sites for hydroxylation is 1. The summed E-state index contributed by atoms with van der Waals surface area (Å²) < 4.78 is 4.95. The largest absolute Gasteiger partial charge is 0.385 e. The van der Waals surface area contributed by atoms with Crippen LogP contribution < -0.4 is 10.6 Å². The third-order valence-electron chi connectivity index (χ3n) is 3.00. The number of carbonyl (C=O) groups excluding carboxylic acids is 1. The van der Waals surface area contributed by atoms with Gasteiger partial charge >= 0.3 is 0 Å². The zero-order chi connectivity index (χ0) is 16.7. The third-order valence-corrected chi connectivity index (χ3v) is 3.25. The predicted octanol–water partition coefficient (Wildman–Crippen LogP) is 2.95. The summed E-state index contributed by atoms with van der Waals surface area (Å²) in [5, 5.41) is 6.60. The van der Waals surface area contributed by atoms with E-state index < -0.39 is 0 Å². The molecule has 0 radical (unpaired) electrons. The van der Waals surface area contributed by atoms with E-state index in [1.54, 1.807) is 32.2 Å². The lowest BCUT2D eigenvalue weighted by atomic mass is 10.3. The second-order valence-electron chi connectivity index (χ2n) is 4.92. The summed E-state index contributed by atoms with van der Waals surface area (Å²) in [7, 11) is 1.63. The van der Waals surface area contributed by atoms with Crippen LogP contribution in [0.4, 0.5) is 11.5 Å². The zero-order valence-corrected chi connectivity index (χ0v) is 13.9. The number of amides is 1. The van der Waals surface area contributed by atoms with Gasteiger partial charge in [0.1, 0.15) is 17.3 Å². The van der Waals surface area contributed by atoms with Gasteiger partial charge in [-0.15, -0.1) is 0 Å². The van der Waals surface area contributed by atoms with E-state index in [1.165, 1.54) is 0 Å². The van der Waals surface area contributed by atoms with E-state index in [9.17, 15) is 4.79 Å². The number of methoxy groups -OCH3 is 1. The normalized spacial score (nSPS) is 10.4. The first-order valence-corrected chi connectivity index (χ1v) is 7.61. The van der Waals surface area contributed by atoms with Crippen molar-refractivity contribution in [3.8, 4) is 0 Å². The minimum atomic E-state index is -0.231. The molecule has 122 valence electrons. The second-order valence-corrected chi connectivity index (χ2v) is 5.36. The van der Waals surface area contributed by atoms with Crippen molar-refractivity contribution in [3.63, 3.8) is 0 Å². The molecule has 0 unspecified atom stereocenters. The highest BCUT2D eigenvalue weighted by atomic mass is 35.5. The van der Waals surface area contributed by atoms with Gasteiger partial charge in [0.05, 0.1) is 0 Å². The molecule has 2 rings (SSSR count). The van der Waals surface area contributed by atoms with E-state index in [0.717, 1.165) is 12.1 Å². The van der Waals surface area contributed by atoms with E-state index in [0.29, 0.717) is 35.5 Å². The Morgan fingerprint density at radius 1 is 1.26 bits per heavy atom. The molecule has 0 saturated heterocycles. The van der Waals surface area contributed by atoms with Gasteiger partial charge < -0.3 is 15.4 Å². The maximum Gasteiger partial charge on any atom is 0.270 e. The minimum absolute atomic E-state index is 0.231. The Morgan fingerprint density at radius 2 is 2.00 bits per heavy atom. The van der Waals surface area contributed by atoms with Gasteiger partial charge in [0.2, 0.25) is 0 Å². The monoisotopic (exact) mass is 334 g/mol. The first kappa shape index (κ1) is 17.2. The number of carbonyl (C=O) groups is 1. The quantitative estimate of drug-likeness (QED) is 0.761. The highest BCUT2D eigenvalue weighted by Crippen LogP contribution is 2.18. The number of nitrogens with one attached hydrogen (secondary N) is 2. The van der Waals surface area contributed by atoms with Gasteiger partial charge in [-0.05, 0) is 37.6 Å². The molecule has 23 heavy (non-hydrogen) atoms. The number of rotatable bonds is 7. The summed E-state index contributed by atoms with van der Waals surface area (Å²) >= 11 is 5.86. The van der Waals surface area contributed by atoms with E-state index >= 15 is 0 Å². The van der Waals surface area contributed by atoms with Gasteiger partial charge in [-0.1, -0.05) is 11.6 Å². The number of ether oxygens (including phenoxy) is 1.